The minimum absolute atomic E-state index is 0.330. The Morgan fingerprint density at radius 1 is 1.21 bits per heavy atom. The molecule has 0 aromatic carbocycles. The standard InChI is InChI=1S/C11H20N2O/c14-8-4-2-1-3-6-12-9-11-5-7-13-10-11/h5,7,10,12-14H,1-4,6,8-9H2. The van der Waals surface area contributed by atoms with Crippen molar-refractivity contribution in [2.24, 2.45) is 0 Å². The van der Waals surface area contributed by atoms with E-state index in [1.165, 1.54) is 18.4 Å². The molecule has 0 fully saturated rings. The van der Waals surface area contributed by atoms with E-state index in [2.05, 4.69) is 16.4 Å². The highest BCUT2D eigenvalue weighted by atomic mass is 16.2. The van der Waals surface area contributed by atoms with E-state index in [0.29, 0.717) is 6.61 Å². The number of aromatic nitrogens is 1. The van der Waals surface area contributed by atoms with Crippen molar-refractivity contribution in [3.63, 3.8) is 0 Å². The molecule has 14 heavy (non-hydrogen) atoms. The van der Waals surface area contributed by atoms with E-state index in [1.807, 2.05) is 12.4 Å². The van der Waals surface area contributed by atoms with E-state index in [-0.39, 0.29) is 0 Å². The fourth-order valence-corrected chi connectivity index (χ4v) is 1.42. The molecule has 0 aliphatic heterocycles. The molecule has 0 amide bonds. The van der Waals surface area contributed by atoms with Gasteiger partial charge in [-0.15, -0.1) is 0 Å². The molecule has 1 rings (SSSR count). The van der Waals surface area contributed by atoms with E-state index >= 15 is 0 Å². The van der Waals surface area contributed by atoms with Gasteiger partial charge in [0.2, 0.25) is 0 Å². The molecule has 0 saturated heterocycles. The van der Waals surface area contributed by atoms with Gasteiger partial charge in [0.15, 0.2) is 0 Å². The van der Waals surface area contributed by atoms with E-state index in [4.69, 9.17) is 5.11 Å². The second kappa shape index (κ2) is 7.59. The number of nitrogens with one attached hydrogen (secondary N) is 2. The highest BCUT2D eigenvalue weighted by Crippen LogP contribution is 1.99. The zero-order valence-electron chi connectivity index (χ0n) is 8.63. The van der Waals surface area contributed by atoms with Crippen molar-refractivity contribution in [3.8, 4) is 0 Å². The van der Waals surface area contributed by atoms with Gasteiger partial charge < -0.3 is 15.4 Å². The largest absolute Gasteiger partial charge is 0.396 e. The second-order valence-corrected chi connectivity index (χ2v) is 3.53. The molecule has 1 aromatic heterocycles. The maximum absolute atomic E-state index is 8.57. The van der Waals surface area contributed by atoms with Gasteiger partial charge in [-0.05, 0) is 31.0 Å². The Balaban J connectivity index is 1.85. The number of hydrogen-bond acceptors (Lipinski definition) is 2. The van der Waals surface area contributed by atoms with Gasteiger partial charge >= 0.3 is 0 Å². The minimum Gasteiger partial charge on any atom is -0.396 e. The molecule has 0 aliphatic carbocycles. The fourth-order valence-electron chi connectivity index (χ4n) is 1.42. The van der Waals surface area contributed by atoms with Crippen LogP contribution in [0.15, 0.2) is 18.5 Å². The van der Waals surface area contributed by atoms with Crippen LogP contribution < -0.4 is 5.32 Å². The van der Waals surface area contributed by atoms with Crippen molar-refractivity contribution in [2.45, 2.75) is 32.2 Å². The summed E-state index contributed by atoms with van der Waals surface area (Å²) in [6, 6.07) is 2.08. The van der Waals surface area contributed by atoms with Crippen LogP contribution in [-0.4, -0.2) is 23.2 Å². The number of rotatable bonds is 8. The lowest BCUT2D eigenvalue weighted by molar-refractivity contribution is 0.282. The first-order valence-corrected chi connectivity index (χ1v) is 5.36. The van der Waals surface area contributed by atoms with Gasteiger partial charge in [-0.3, -0.25) is 0 Å². The maximum Gasteiger partial charge on any atom is 0.0431 e. The zero-order chi connectivity index (χ0) is 10.1. The van der Waals surface area contributed by atoms with Crippen molar-refractivity contribution < 1.29 is 5.11 Å². The molecule has 0 unspecified atom stereocenters. The first-order valence-electron chi connectivity index (χ1n) is 5.36. The minimum atomic E-state index is 0.330. The van der Waals surface area contributed by atoms with Gasteiger partial charge in [0, 0.05) is 25.5 Å². The predicted octanol–water partition coefficient (Wildman–Crippen LogP) is 1.66. The van der Waals surface area contributed by atoms with Crippen molar-refractivity contribution in [1.29, 1.82) is 0 Å². The highest BCUT2D eigenvalue weighted by Gasteiger charge is 1.92. The van der Waals surface area contributed by atoms with Crippen LogP contribution in [0, 0.1) is 0 Å². The molecule has 0 radical (unpaired) electrons. The zero-order valence-corrected chi connectivity index (χ0v) is 8.63. The molecule has 0 saturated carbocycles. The number of H-pyrrole nitrogens is 1. The molecule has 0 bridgehead atoms. The average Bonchev–Trinajstić information content (AvgIpc) is 2.69. The molecule has 1 heterocycles. The predicted molar refractivity (Wildman–Crippen MR) is 58.1 cm³/mol. The Bertz CT molecular complexity index is 209. The van der Waals surface area contributed by atoms with Gasteiger partial charge in [0.1, 0.15) is 0 Å². The lowest BCUT2D eigenvalue weighted by Crippen LogP contribution is -2.14. The summed E-state index contributed by atoms with van der Waals surface area (Å²) in [5, 5.41) is 12.0. The fraction of sp³-hybridized carbons (Fsp3) is 0.636. The number of aliphatic hydroxyl groups excluding tert-OH is 1. The van der Waals surface area contributed by atoms with Crippen LogP contribution in [0.3, 0.4) is 0 Å². The van der Waals surface area contributed by atoms with Gasteiger partial charge in [-0.25, -0.2) is 0 Å². The number of unbranched alkanes of at least 4 members (excludes halogenated alkanes) is 3. The van der Waals surface area contributed by atoms with Crippen LogP contribution in [0.4, 0.5) is 0 Å². The summed E-state index contributed by atoms with van der Waals surface area (Å²) in [5.74, 6) is 0. The molecule has 3 nitrogen and oxygen atoms in total. The lowest BCUT2D eigenvalue weighted by Gasteiger charge is -2.02. The normalized spacial score (nSPS) is 10.6. The van der Waals surface area contributed by atoms with Crippen LogP contribution in [0.5, 0.6) is 0 Å². The van der Waals surface area contributed by atoms with Crippen LogP contribution in [-0.2, 0) is 6.54 Å². The molecule has 0 spiro atoms. The van der Waals surface area contributed by atoms with Crippen molar-refractivity contribution in [2.75, 3.05) is 13.2 Å². The van der Waals surface area contributed by atoms with Crippen molar-refractivity contribution >= 4 is 0 Å². The molecule has 80 valence electrons. The summed E-state index contributed by atoms with van der Waals surface area (Å²) < 4.78 is 0. The maximum atomic E-state index is 8.57. The molecular weight excluding hydrogens is 176 g/mol. The summed E-state index contributed by atoms with van der Waals surface area (Å²) in [7, 11) is 0. The van der Waals surface area contributed by atoms with E-state index in [1.54, 1.807) is 0 Å². The highest BCUT2D eigenvalue weighted by molar-refractivity contribution is 5.07. The summed E-state index contributed by atoms with van der Waals surface area (Å²) in [6.07, 6.45) is 8.45. The summed E-state index contributed by atoms with van der Waals surface area (Å²) in [4.78, 5) is 3.03. The third-order valence-electron chi connectivity index (χ3n) is 2.25. The SMILES string of the molecule is OCCCCCCNCc1cc[nH]c1. The van der Waals surface area contributed by atoms with Crippen molar-refractivity contribution in [3.05, 3.63) is 24.0 Å². The van der Waals surface area contributed by atoms with Gasteiger partial charge in [-0.2, -0.15) is 0 Å². The number of aliphatic hydroxyl groups is 1. The Morgan fingerprint density at radius 2 is 2.07 bits per heavy atom. The van der Waals surface area contributed by atoms with E-state index < -0.39 is 0 Å². The van der Waals surface area contributed by atoms with Crippen LogP contribution in [0.2, 0.25) is 0 Å². The Hall–Kier alpha value is -0.800. The van der Waals surface area contributed by atoms with E-state index in [0.717, 1.165) is 25.9 Å². The third kappa shape index (κ3) is 5.04. The second-order valence-electron chi connectivity index (χ2n) is 3.53. The van der Waals surface area contributed by atoms with E-state index in [9.17, 15) is 0 Å². The van der Waals surface area contributed by atoms with Gasteiger partial charge in [-0.1, -0.05) is 12.8 Å². The molecule has 0 aliphatic rings. The molecule has 3 N–H and O–H groups in total. The quantitative estimate of drug-likeness (QED) is 0.554. The van der Waals surface area contributed by atoms with Crippen molar-refractivity contribution in [1.82, 2.24) is 10.3 Å². The summed E-state index contributed by atoms with van der Waals surface area (Å²) >= 11 is 0. The van der Waals surface area contributed by atoms with Crippen LogP contribution in [0.25, 0.3) is 0 Å². The average molecular weight is 196 g/mol. The number of aromatic amines is 1. The topological polar surface area (TPSA) is 48.0 Å². The number of hydrogen-bond donors (Lipinski definition) is 3. The van der Waals surface area contributed by atoms with Gasteiger partial charge in [0.25, 0.3) is 0 Å². The van der Waals surface area contributed by atoms with Crippen LogP contribution >= 0.6 is 0 Å². The molecule has 0 atom stereocenters. The van der Waals surface area contributed by atoms with Gasteiger partial charge in [0.05, 0.1) is 0 Å². The summed E-state index contributed by atoms with van der Waals surface area (Å²) in [6.45, 7) is 2.34. The Labute approximate surface area is 85.5 Å². The van der Waals surface area contributed by atoms with Crippen LogP contribution in [0.1, 0.15) is 31.2 Å². The molecule has 3 heteroatoms. The molecule has 1 aromatic rings. The smallest absolute Gasteiger partial charge is 0.0431 e. The third-order valence-corrected chi connectivity index (χ3v) is 2.25. The monoisotopic (exact) mass is 196 g/mol. The lowest BCUT2D eigenvalue weighted by atomic mass is 10.2. The Morgan fingerprint density at radius 3 is 2.79 bits per heavy atom. The first-order chi connectivity index (χ1) is 6.93. The summed E-state index contributed by atoms with van der Waals surface area (Å²) in [5.41, 5.74) is 1.31. The first kappa shape index (κ1) is 11.3. The Kier molecular flexibility index (Phi) is 6.11. The molecular formula is C11H20N2O.